The summed E-state index contributed by atoms with van der Waals surface area (Å²) in [6.45, 7) is 4.91. The molecule has 0 bridgehead atoms. The van der Waals surface area contributed by atoms with Crippen LogP contribution in [-0.2, 0) is 24.2 Å². The summed E-state index contributed by atoms with van der Waals surface area (Å²) in [4.78, 5) is 12.4. The summed E-state index contributed by atoms with van der Waals surface area (Å²) in [6.07, 6.45) is 1.22. The van der Waals surface area contributed by atoms with Crippen LogP contribution < -0.4 is 19.5 Å². The third-order valence-corrected chi connectivity index (χ3v) is 4.68. The van der Waals surface area contributed by atoms with Crippen LogP contribution in [0.25, 0.3) is 0 Å². The van der Waals surface area contributed by atoms with Crippen molar-refractivity contribution in [3.05, 3.63) is 52.0 Å². The average molecular weight is 390 g/mol. The molecule has 2 aromatic carbocycles. The maximum atomic E-state index is 12.4. The lowest BCUT2D eigenvalue weighted by Gasteiger charge is -2.14. The largest absolute Gasteiger partial charge is 0.496 e. The van der Waals surface area contributed by atoms with Crippen LogP contribution in [0.4, 0.5) is 0 Å². The van der Waals surface area contributed by atoms with Crippen molar-refractivity contribution in [3.63, 3.8) is 0 Å². The lowest BCUT2D eigenvalue weighted by atomic mass is 10.1. The number of fused-ring (bicyclic) bond motifs is 1. The van der Waals surface area contributed by atoms with E-state index in [1.54, 1.807) is 25.3 Å². The summed E-state index contributed by atoms with van der Waals surface area (Å²) in [5, 5.41) is 3.52. The molecule has 0 fully saturated rings. The Bertz CT molecular complexity index is 837. The highest BCUT2D eigenvalue weighted by Gasteiger charge is 2.22. The Kier molecular flexibility index (Phi) is 6.11. The zero-order valence-corrected chi connectivity index (χ0v) is 16.6. The molecule has 1 aliphatic rings. The average Bonchev–Trinajstić information content (AvgIpc) is 2.99. The lowest BCUT2D eigenvalue weighted by molar-refractivity contribution is -0.120. The fourth-order valence-corrected chi connectivity index (χ4v) is 3.42. The highest BCUT2D eigenvalue weighted by Crippen LogP contribution is 2.35. The zero-order valence-electron chi connectivity index (χ0n) is 15.8. The molecular weight excluding hydrogens is 366 g/mol. The second kappa shape index (κ2) is 8.53. The molecule has 0 spiro atoms. The van der Waals surface area contributed by atoms with Crippen LogP contribution in [-0.4, -0.2) is 25.7 Å². The Morgan fingerprint density at radius 1 is 1.26 bits per heavy atom. The molecule has 3 rings (SSSR count). The number of benzene rings is 2. The number of carbonyl (C=O) groups is 1. The minimum atomic E-state index is -0.118. The molecule has 1 atom stereocenters. The van der Waals surface area contributed by atoms with E-state index in [1.807, 2.05) is 26.0 Å². The third-order valence-electron chi connectivity index (χ3n) is 4.45. The molecule has 1 heterocycles. The van der Waals surface area contributed by atoms with Gasteiger partial charge in [-0.2, -0.15) is 0 Å². The van der Waals surface area contributed by atoms with Crippen molar-refractivity contribution in [3.8, 4) is 17.2 Å². The van der Waals surface area contributed by atoms with Gasteiger partial charge in [0.15, 0.2) is 0 Å². The van der Waals surface area contributed by atoms with Crippen molar-refractivity contribution in [2.75, 3.05) is 13.7 Å². The van der Waals surface area contributed by atoms with Crippen molar-refractivity contribution in [2.45, 2.75) is 39.3 Å². The molecule has 1 amide bonds. The predicted octanol–water partition coefficient (Wildman–Crippen LogP) is 3.93. The molecule has 6 heteroatoms. The van der Waals surface area contributed by atoms with Gasteiger partial charge in [-0.15, -0.1) is 0 Å². The summed E-state index contributed by atoms with van der Waals surface area (Å²) in [5.41, 5.74) is 2.79. The van der Waals surface area contributed by atoms with Crippen LogP contribution in [0.3, 0.4) is 0 Å². The summed E-state index contributed by atoms with van der Waals surface area (Å²) >= 11 is 6.03. The molecule has 2 aromatic rings. The number of amides is 1. The SMILES string of the molecule is CCOc1cc2c(cc1CNC(=O)Cc1cc(Cl)ccc1OC)O[C@H](C)C2. The van der Waals surface area contributed by atoms with Crippen molar-refractivity contribution in [2.24, 2.45) is 0 Å². The fraction of sp³-hybridized carbons (Fsp3) is 0.381. The number of nitrogens with one attached hydrogen (secondary N) is 1. The van der Waals surface area contributed by atoms with Crippen LogP contribution in [0.15, 0.2) is 30.3 Å². The number of methoxy groups -OCH3 is 1. The maximum absolute atomic E-state index is 12.4. The van der Waals surface area contributed by atoms with Gasteiger partial charge in [0.2, 0.25) is 5.91 Å². The molecule has 0 radical (unpaired) electrons. The van der Waals surface area contributed by atoms with Crippen LogP contribution in [0, 0.1) is 0 Å². The van der Waals surface area contributed by atoms with Crippen molar-refractivity contribution in [1.82, 2.24) is 5.32 Å². The third kappa shape index (κ3) is 4.66. The smallest absolute Gasteiger partial charge is 0.224 e. The Morgan fingerprint density at radius 2 is 2.07 bits per heavy atom. The van der Waals surface area contributed by atoms with E-state index in [2.05, 4.69) is 5.32 Å². The van der Waals surface area contributed by atoms with Crippen LogP contribution in [0.2, 0.25) is 5.02 Å². The van der Waals surface area contributed by atoms with Gasteiger partial charge >= 0.3 is 0 Å². The molecule has 0 aliphatic carbocycles. The topological polar surface area (TPSA) is 56.8 Å². The summed E-state index contributed by atoms with van der Waals surface area (Å²) < 4.78 is 16.9. The summed E-state index contributed by atoms with van der Waals surface area (Å²) in [5.74, 6) is 2.18. The van der Waals surface area contributed by atoms with Crippen LogP contribution in [0.5, 0.6) is 17.2 Å². The normalized spacial score (nSPS) is 15.0. The Balaban J connectivity index is 1.70. The van der Waals surface area contributed by atoms with E-state index in [9.17, 15) is 4.79 Å². The van der Waals surface area contributed by atoms with Gasteiger partial charge in [0.25, 0.3) is 0 Å². The van der Waals surface area contributed by atoms with E-state index in [-0.39, 0.29) is 18.4 Å². The van der Waals surface area contributed by atoms with Gasteiger partial charge in [0.1, 0.15) is 23.4 Å². The Labute approximate surface area is 164 Å². The number of hydrogen-bond acceptors (Lipinski definition) is 4. The van der Waals surface area contributed by atoms with Gasteiger partial charge in [-0.25, -0.2) is 0 Å². The van der Waals surface area contributed by atoms with Gasteiger partial charge in [-0.05, 0) is 44.2 Å². The first-order valence-corrected chi connectivity index (χ1v) is 9.42. The first-order valence-electron chi connectivity index (χ1n) is 9.04. The highest BCUT2D eigenvalue weighted by molar-refractivity contribution is 6.30. The first-order chi connectivity index (χ1) is 13.0. The molecule has 0 saturated carbocycles. The van der Waals surface area contributed by atoms with Gasteiger partial charge < -0.3 is 19.5 Å². The minimum Gasteiger partial charge on any atom is -0.496 e. The van der Waals surface area contributed by atoms with Gasteiger partial charge in [0, 0.05) is 34.7 Å². The molecule has 1 N–H and O–H groups in total. The number of carbonyl (C=O) groups excluding carboxylic acids is 1. The number of halogens is 1. The van der Waals surface area contributed by atoms with E-state index in [4.69, 9.17) is 25.8 Å². The molecule has 1 aliphatic heterocycles. The van der Waals surface area contributed by atoms with E-state index >= 15 is 0 Å². The molecule has 0 unspecified atom stereocenters. The van der Waals surface area contributed by atoms with E-state index < -0.39 is 0 Å². The van der Waals surface area contributed by atoms with Gasteiger partial charge in [0.05, 0.1) is 20.1 Å². The maximum Gasteiger partial charge on any atom is 0.224 e. The summed E-state index contributed by atoms with van der Waals surface area (Å²) in [7, 11) is 1.57. The standard InChI is InChI=1S/C21H24ClNO4/c1-4-26-19-9-14-7-13(2)27-20(14)10-16(19)12-23-21(24)11-15-8-17(22)5-6-18(15)25-3/h5-6,8-10,13H,4,7,11-12H2,1-3H3,(H,23,24)/t13-/m1/s1. The second-order valence-corrected chi connectivity index (χ2v) is 6.98. The highest BCUT2D eigenvalue weighted by atomic mass is 35.5. The first kappa shape index (κ1) is 19.4. The van der Waals surface area contributed by atoms with E-state index in [0.29, 0.717) is 23.9 Å². The lowest BCUT2D eigenvalue weighted by Crippen LogP contribution is -2.25. The van der Waals surface area contributed by atoms with Crippen molar-refractivity contribution in [1.29, 1.82) is 0 Å². The molecule has 0 aromatic heterocycles. The number of rotatable bonds is 7. The quantitative estimate of drug-likeness (QED) is 0.779. The van der Waals surface area contributed by atoms with Crippen molar-refractivity contribution < 1.29 is 19.0 Å². The van der Waals surface area contributed by atoms with E-state index in [1.165, 1.54) is 0 Å². The van der Waals surface area contributed by atoms with Crippen LogP contribution >= 0.6 is 11.6 Å². The fourth-order valence-electron chi connectivity index (χ4n) is 3.22. The van der Waals surface area contributed by atoms with Gasteiger partial charge in [-0.1, -0.05) is 11.6 Å². The molecule has 144 valence electrons. The number of hydrogen-bond donors (Lipinski definition) is 1. The zero-order chi connectivity index (χ0) is 19.4. The Hall–Kier alpha value is -2.40. The monoisotopic (exact) mass is 389 g/mol. The molecule has 0 saturated heterocycles. The summed E-state index contributed by atoms with van der Waals surface area (Å²) in [6, 6.07) is 9.23. The van der Waals surface area contributed by atoms with E-state index in [0.717, 1.165) is 34.6 Å². The second-order valence-electron chi connectivity index (χ2n) is 6.54. The number of ether oxygens (including phenoxy) is 3. The minimum absolute atomic E-state index is 0.118. The van der Waals surface area contributed by atoms with Crippen molar-refractivity contribution >= 4 is 17.5 Å². The molecular formula is C21H24ClNO4. The molecule has 27 heavy (non-hydrogen) atoms. The molecule has 5 nitrogen and oxygen atoms in total. The Morgan fingerprint density at radius 3 is 2.81 bits per heavy atom. The predicted molar refractivity (Wildman–Crippen MR) is 105 cm³/mol. The van der Waals surface area contributed by atoms with Crippen LogP contribution in [0.1, 0.15) is 30.5 Å². The van der Waals surface area contributed by atoms with Gasteiger partial charge in [-0.3, -0.25) is 4.79 Å².